The molecule has 0 radical (unpaired) electrons. The van der Waals surface area contributed by atoms with E-state index in [-0.39, 0.29) is 12.0 Å². The van der Waals surface area contributed by atoms with Crippen molar-refractivity contribution < 1.29 is 48.5 Å². The van der Waals surface area contributed by atoms with Crippen molar-refractivity contribution in [2.45, 2.75) is 49.2 Å². The lowest BCUT2D eigenvalue weighted by molar-refractivity contribution is -0.777. The van der Waals surface area contributed by atoms with E-state index in [9.17, 15) is 35.1 Å². The monoisotopic (exact) mass is 371 g/mol. The maximum absolute atomic E-state index is 12.1. The molecule has 7 atom stereocenters. The number of aliphatic hydroxyl groups is 4. The Morgan fingerprint density at radius 1 is 1.35 bits per heavy atom. The Balaban J connectivity index is 1.95. The first-order valence-corrected chi connectivity index (χ1v) is 7.86. The summed E-state index contributed by atoms with van der Waals surface area (Å²) in [5.41, 5.74) is 0.273. The third-order valence-corrected chi connectivity index (χ3v) is 4.62. The average Bonchev–Trinajstić information content (AvgIpc) is 2.95. The summed E-state index contributed by atoms with van der Waals surface area (Å²) in [6.07, 6.45) is -7.84. The molecule has 0 bridgehead atoms. The van der Waals surface area contributed by atoms with Crippen LogP contribution in [0, 0.1) is 0 Å². The number of amides is 1. The number of carboxylic acid groups (broad SMARTS) is 1. The Morgan fingerprint density at radius 3 is 2.73 bits per heavy atom. The highest BCUT2D eigenvalue weighted by atomic mass is 16.6. The molecule has 1 amide bonds. The third kappa shape index (κ3) is 3.06. The summed E-state index contributed by atoms with van der Waals surface area (Å²) in [5.74, 6) is -2.74. The van der Waals surface area contributed by atoms with Crippen molar-refractivity contribution in [2.75, 3.05) is 6.98 Å². The molecule has 4 N–H and O–H groups in total. The van der Waals surface area contributed by atoms with Gasteiger partial charge in [0.25, 0.3) is 12.1 Å². The second kappa shape index (κ2) is 6.89. The van der Waals surface area contributed by atoms with Crippen molar-refractivity contribution in [3.05, 3.63) is 30.1 Å². The first-order valence-electron chi connectivity index (χ1n) is 9.36. The van der Waals surface area contributed by atoms with Crippen molar-refractivity contribution in [1.82, 2.24) is 4.90 Å². The number of pyridine rings is 1. The fourth-order valence-electron chi connectivity index (χ4n) is 3.19. The van der Waals surface area contributed by atoms with Gasteiger partial charge in [-0.1, -0.05) is 0 Å². The van der Waals surface area contributed by atoms with Gasteiger partial charge in [0, 0.05) is 29.1 Å². The van der Waals surface area contributed by atoms with Gasteiger partial charge in [-0.15, -0.1) is 0 Å². The number of likely N-dealkylation sites (N-methyl/N-ethyl adjacent to an activating group) is 1. The number of rotatable bonds is 3. The van der Waals surface area contributed by atoms with E-state index in [0.717, 1.165) is 0 Å². The number of nitrogens with zero attached hydrogens (tertiary/aromatic N) is 2. The molecule has 10 heteroatoms. The molecule has 142 valence electrons. The Bertz CT molecular complexity index is 807. The molecule has 0 aliphatic carbocycles. The molecule has 0 unspecified atom stereocenters. The van der Waals surface area contributed by atoms with E-state index >= 15 is 0 Å². The second-order valence-corrected chi connectivity index (χ2v) is 6.30. The number of carboxylic acids is 1. The summed E-state index contributed by atoms with van der Waals surface area (Å²) < 4.78 is 29.0. The molecule has 0 aromatic carbocycles. The number of aliphatic hydroxyl groups excluding tert-OH is 4. The number of likely N-dealkylation sites (tertiary alicyclic amines) is 1. The minimum atomic E-state index is -2.80. The minimum absolute atomic E-state index is 0.182. The summed E-state index contributed by atoms with van der Waals surface area (Å²) in [6.45, 7) is -2.80. The molecule has 26 heavy (non-hydrogen) atoms. The lowest BCUT2D eigenvalue weighted by atomic mass is 9.97. The highest BCUT2D eigenvalue weighted by Gasteiger charge is 2.49. The van der Waals surface area contributed by atoms with Crippen LogP contribution in [0.2, 0.25) is 0 Å². The molecular weight excluding hydrogens is 348 g/mol. The number of hydrogen-bond donors (Lipinski definition) is 4. The molecule has 1 aromatic rings. The molecule has 1 aromatic heterocycles. The standard InChI is InChI=1S/C16H20N2O8/c1-17-8(5-9(19)14(17)23)7-3-2-4-18(6-7)15-12(22)10(20)11(21)13(26-15)16(24)25/h2-4,6,8-13,15,19-22H,5H2,1H3/t8-,9+,10+,11+,12-,13+,15-/m1/s1/i1D3. The fraction of sp³-hybridized carbons (Fsp3) is 0.562. The maximum atomic E-state index is 12.1. The molecule has 2 aliphatic rings. The van der Waals surface area contributed by atoms with E-state index in [2.05, 4.69) is 0 Å². The van der Waals surface area contributed by atoms with Gasteiger partial charge in [-0.25, -0.2) is 0 Å². The second-order valence-electron chi connectivity index (χ2n) is 6.30. The summed E-state index contributed by atoms with van der Waals surface area (Å²) in [6, 6.07) is 1.91. The minimum Gasteiger partial charge on any atom is -0.547 e. The highest BCUT2D eigenvalue weighted by molar-refractivity contribution is 5.83. The van der Waals surface area contributed by atoms with Gasteiger partial charge < -0.3 is 40.0 Å². The zero-order valence-corrected chi connectivity index (χ0v) is 13.4. The van der Waals surface area contributed by atoms with Crippen LogP contribution in [-0.4, -0.2) is 74.7 Å². The molecule has 0 spiro atoms. The topological polar surface area (TPSA) is 154 Å². The van der Waals surface area contributed by atoms with Crippen LogP contribution in [0.25, 0.3) is 0 Å². The Morgan fingerprint density at radius 2 is 2.08 bits per heavy atom. The lowest BCUT2D eigenvalue weighted by Gasteiger charge is -2.37. The Labute approximate surface area is 152 Å². The Hall–Kier alpha value is -2.11. The fourth-order valence-corrected chi connectivity index (χ4v) is 3.19. The molecular formula is C16H20N2O8. The van der Waals surface area contributed by atoms with Gasteiger partial charge in [0.2, 0.25) is 0 Å². The van der Waals surface area contributed by atoms with Crippen LogP contribution >= 0.6 is 0 Å². The summed E-state index contributed by atoms with van der Waals surface area (Å²) in [7, 11) is 0. The largest absolute Gasteiger partial charge is 0.547 e. The predicted octanol–water partition coefficient (Wildman–Crippen LogP) is -4.03. The number of carbonyl (C=O) groups is 2. The van der Waals surface area contributed by atoms with Gasteiger partial charge in [-0.2, -0.15) is 4.57 Å². The number of aliphatic carboxylic acids is 1. The van der Waals surface area contributed by atoms with E-state index in [1.807, 2.05) is 0 Å². The van der Waals surface area contributed by atoms with E-state index in [0.29, 0.717) is 4.90 Å². The zero-order chi connectivity index (χ0) is 21.7. The van der Waals surface area contributed by atoms with Gasteiger partial charge in [0.05, 0.1) is 12.0 Å². The van der Waals surface area contributed by atoms with Gasteiger partial charge in [0.1, 0.15) is 24.4 Å². The normalized spacial score (nSPS) is 40.0. The number of hydrogen-bond acceptors (Lipinski definition) is 8. The number of ether oxygens (including phenoxy) is 1. The smallest absolute Gasteiger partial charge is 0.292 e. The highest BCUT2D eigenvalue weighted by Crippen LogP contribution is 2.31. The van der Waals surface area contributed by atoms with Crippen molar-refractivity contribution in [3.8, 4) is 0 Å². The van der Waals surface area contributed by atoms with Crippen LogP contribution in [-0.2, 0) is 14.3 Å². The number of carbonyl (C=O) groups excluding carboxylic acids is 2. The SMILES string of the molecule is [2H]C([2H])([2H])N1C(=O)[C@@H](O)C[C@@H]1c1ccc[n+]([C@@H]2O[C@H](C(=O)[O-])[C@@H](O)[C@H](O)[C@H]2O)c1. The maximum Gasteiger partial charge on any atom is 0.292 e. The van der Waals surface area contributed by atoms with E-state index in [1.165, 1.54) is 29.1 Å². The quantitative estimate of drug-likeness (QED) is 0.392. The molecule has 3 heterocycles. The Kier molecular flexibility index (Phi) is 3.98. The lowest BCUT2D eigenvalue weighted by Crippen LogP contribution is -2.65. The van der Waals surface area contributed by atoms with Crippen LogP contribution in [0.5, 0.6) is 0 Å². The van der Waals surface area contributed by atoms with Crippen molar-refractivity contribution >= 4 is 11.9 Å². The molecule has 3 rings (SSSR count). The predicted molar refractivity (Wildman–Crippen MR) is 79.7 cm³/mol. The van der Waals surface area contributed by atoms with Crippen LogP contribution in [0.1, 0.15) is 28.4 Å². The van der Waals surface area contributed by atoms with Crippen LogP contribution in [0.15, 0.2) is 24.5 Å². The first kappa shape index (κ1) is 15.0. The van der Waals surface area contributed by atoms with Crippen molar-refractivity contribution in [1.29, 1.82) is 0 Å². The third-order valence-electron chi connectivity index (χ3n) is 4.62. The number of aromatic nitrogens is 1. The van der Waals surface area contributed by atoms with Crippen molar-refractivity contribution in [2.24, 2.45) is 0 Å². The summed E-state index contributed by atoms with van der Waals surface area (Å²) >= 11 is 0. The van der Waals surface area contributed by atoms with Crippen LogP contribution in [0.4, 0.5) is 0 Å². The van der Waals surface area contributed by atoms with E-state index < -0.39 is 61.6 Å². The van der Waals surface area contributed by atoms with Crippen LogP contribution < -0.4 is 9.67 Å². The van der Waals surface area contributed by atoms with Gasteiger partial charge >= 0.3 is 0 Å². The van der Waals surface area contributed by atoms with Crippen LogP contribution in [0.3, 0.4) is 0 Å². The molecule has 2 aliphatic heterocycles. The molecule has 2 fully saturated rings. The van der Waals surface area contributed by atoms with Gasteiger partial charge in [-0.3, -0.25) is 4.79 Å². The first-order chi connectivity index (χ1) is 13.4. The zero-order valence-electron chi connectivity index (χ0n) is 16.4. The molecule has 10 nitrogen and oxygen atoms in total. The van der Waals surface area contributed by atoms with Gasteiger partial charge in [-0.05, 0) is 6.07 Å². The molecule has 0 saturated carbocycles. The van der Waals surface area contributed by atoms with Gasteiger partial charge in [0.15, 0.2) is 18.5 Å². The average molecular weight is 371 g/mol. The van der Waals surface area contributed by atoms with E-state index in [1.54, 1.807) is 0 Å². The van der Waals surface area contributed by atoms with E-state index in [4.69, 9.17) is 8.85 Å². The summed E-state index contributed by atoms with van der Waals surface area (Å²) in [4.78, 5) is 23.8. The van der Waals surface area contributed by atoms with Crippen molar-refractivity contribution in [3.63, 3.8) is 0 Å². The summed E-state index contributed by atoms with van der Waals surface area (Å²) in [5, 5.41) is 50.9. The molecule has 2 saturated heterocycles.